The molecule has 4 aromatic rings. The number of aromatic nitrogens is 2. The van der Waals surface area contributed by atoms with Crippen LogP contribution >= 0.6 is 0 Å². The minimum Gasteiger partial charge on any atom is -0.333 e. The normalized spacial score (nSPS) is 15.1. The molecule has 0 bridgehead atoms. The number of nitrogens with zero attached hydrogens (tertiary/aromatic N) is 3. The third kappa shape index (κ3) is 3.42. The predicted molar refractivity (Wildman–Crippen MR) is 121 cm³/mol. The van der Waals surface area contributed by atoms with Gasteiger partial charge in [-0.1, -0.05) is 72.8 Å². The quantitative estimate of drug-likeness (QED) is 0.508. The smallest absolute Gasteiger partial charge is 0.275 e. The van der Waals surface area contributed by atoms with Gasteiger partial charge in [-0.05, 0) is 35.6 Å². The maximum atomic E-state index is 13.6. The van der Waals surface area contributed by atoms with Crippen LogP contribution in [0.4, 0.5) is 0 Å². The molecule has 31 heavy (non-hydrogen) atoms. The van der Waals surface area contributed by atoms with Crippen molar-refractivity contribution < 1.29 is 4.79 Å². The Morgan fingerprint density at radius 3 is 2.45 bits per heavy atom. The third-order valence-electron chi connectivity index (χ3n) is 6.13. The van der Waals surface area contributed by atoms with Gasteiger partial charge in [-0.3, -0.25) is 9.59 Å². The first-order chi connectivity index (χ1) is 15.1. The van der Waals surface area contributed by atoms with E-state index in [1.54, 1.807) is 17.0 Å². The van der Waals surface area contributed by atoms with Gasteiger partial charge < -0.3 is 4.90 Å². The van der Waals surface area contributed by atoms with Crippen molar-refractivity contribution in [3.8, 4) is 0 Å². The number of hydrogen-bond donors (Lipinski definition) is 0. The molecular formula is C26H23N3O2. The standard InChI is InChI=1S/C26H23N3O2/c1-28(23-16-15-19-11-5-6-12-20(19)23)26(31)24-21-13-7-8-14-22(21)25(30)29(27-24)17-18-9-3-2-4-10-18/h2-14,23H,15-17H2,1H3. The lowest BCUT2D eigenvalue weighted by Gasteiger charge is -2.26. The van der Waals surface area contributed by atoms with Gasteiger partial charge in [-0.15, -0.1) is 0 Å². The van der Waals surface area contributed by atoms with Crippen LogP contribution in [0.15, 0.2) is 83.7 Å². The van der Waals surface area contributed by atoms with Crippen LogP contribution in [0.2, 0.25) is 0 Å². The SMILES string of the molecule is CN(C(=O)c1nn(Cc2ccccc2)c(=O)c2ccccc12)C1CCc2ccccc21. The van der Waals surface area contributed by atoms with Crippen LogP contribution in [-0.2, 0) is 13.0 Å². The molecule has 1 amide bonds. The highest BCUT2D eigenvalue weighted by atomic mass is 16.2. The molecule has 0 N–H and O–H groups in total. The van der Waals surface area contributed by atoms with Crippen molar-refractivity contribution in [2.45, 2.75) is 25.4 Å². The Labute approximate surface area is 180 Å². The molecule has 0 aliphatic heterocycles. The highest BCUT2D eigenvalue weighted by Gasteiger charge is 2.30. The van der Waals surface area contributed by atoms with E-state index in [0.717, 1.165) is 18.4 Å². The fourth-order valence-corrected chi connectivity index (χ4v) is 4.50. The van der Waals surface area contributed by atoms with Gasteiger partial charge in [0.05, 0.1) is 18.0 Å². The molecule has 1 unspecified atom stereocenters. The van der Waals surface area contributed by atoms with E-state index >= 15 is 0 Å². The molecule has 154 valence electrons. The number of hydrogen-bond acceptors (Lipinski definition) is 3. The number of amides is 1. The van der Waals surface area contributed by atoms with Gasteiger partial charge in [0.2, 0.25) is 0 Å². The third-order valence-corrected chi connectivity index (χ3v) is 6.13. The summed E-state index contributed by atoms with van der Waals surface area (Å²) in [7, 11) is 1.83. The molecule has 1 aliphatic rings. The van der Waals surface area contributed by atoms with E-state index in [0.29, 0.717) is 23.0 Å². The van der Waals surface area contributed by atoms with Gasteiger partial charge in [0.25, 0.3) is 11.5 Å². The minimum atomic E-state index is -0.190. The molecule has 0 saturated carbocycles. The number of carbonyl (C=O) groups is 1. The maximum Gasteiger partial charge on any atom is 0.275 e. The van der Waals surface area contributed by atoms with E-state index in [4.69, 9.17) is 0 Å². The lowest BCUT2D eigenvalue weighted by Crippen LogP contribution is -2.34. The van der Waals surface area contributed by atoms with Crippen molar-refractivity contribution in [2.75, 3.05) is 7.05 Å². The second-order valence-electron chi connectivity index (χ2n) is 8.01. The molecule has 5 nitrogen and oxygen atoms in total. The molecule has 0 radical (unpaired) electrons. The molecule has 0 saturated heterocycles. The van der Waals surface area contributed by atoms with E-state index in [2.05, 4.69) is 17.2 Å². The zero-order valence-corrected chi connectivity index (χ0v) is 17.4. The summed E-state index contributed by atoms with van der Waals surface area (Å²) in [6.45, 7) is 0.320. The average Bonchev–Trinajstić information content (AvgIpc) is 3.25. The molecule has 1 heterocycles. The Morgan fingerprint density at radius 2 is 1.65 bits per heavy atom. The van der Waals surface area contributed by atoms with Gasteiger partial charge in [0.15, 0.2) is 5.69 Å². The minimum absolute atomic E-state index is 0.0127. The van der Waals surface area contributed by atoms with E-state index < -0.39 is 0 Å². The van der Waals surface area contributed by atoms with E-state index in [1.165, 1.54) is 15.8 Å². The number of benzene rings is 3. The lowest BCUT2D eigenvalue weighted by atomic mass is 10.1. The molecule has 3 aromatic carbocycles. The first kappa shape index (κ1) is 19.2. The van der Waals surface area contributed by atoms with Crippen LogP contribution in [0.25, 0.3) is 10.8 Å². The summed E-state index contributed by atoms with van der Waals surface area (Å²) >= 11 is 0. The molecule has 1 aliphatic carbocycles. The molecule has 5 heteroatoms. The highest BCUT2D eigenvalue weighted by Crippen LogP contribution is 2.35. The molecule has 0 spiro atoms. The summed E-state index contributed by atoms with van der Waals surface area (Å²) in [6.07, 6.45) is 1.85. The summed E-state index contributed by atoms with van der Waals surface area (Å²) < 4.78 is 1.40. The van der Waals surface area contributed by atoms with E-state index in [1.807, 2.05) is 61.6 Å². The van der Waals surface area contributed by atoms with Crippen LogP contribution in [0, 0.1) is 0 Å². The lowest BCUT2D eigenvalue weighted by molar-refractivity contribution is 0.0724. The zero-order chi connectivity index (χ0) is 21.4. The Bertz CT molecular complexity index is 1330. The summed E-state index contributed by atoms with van der Waals surface area (Å²) in [5.41, 5.74) is 3.58. The Balaban J connectivity index is 1.58. The van der Waals surface area contributed by atoms with Crippen molar-refractivity contribution in [1.29, 1.82) is 0 Å². The first-order valence-electron chi connectivity index (χ1n) is 10.5. The van der Waals surface area contributed by atoms with Crippen molar-refractivity contribution in [3.63, 3.8) is 0 Å². The second-order valence-corrected chi connectivity index (χ2v) is 8.01. The van der Waals surface area contributed by atoms with Crippen LogP contribution in [0.3, 0.4) is 0 Å². The summed E-state index contributed by atoms with van der Waals surface area (Å²) in [6, 6.07) is 25.2. The van der Waals surface area contributed by atoms with Crippen LogP contribution in [-0.4, -0.2) is 27.6 Å². The van der Waals surface area contributed by atoms with E-state index in [-0.39, 0.29) is 17.5 Å². The Hall–Kier alpha value is -3.73. The molecule has 0 fully saturated rings. The molecular weight excluding hydrogens is 386 g/mol. The largest absolute Gasteiger partial charge is 0.333 e. The highest BCUT2D eigenvalue weighted by molar-refractivity contribution is 6.04. The second kappa shape index (κ2) is 7.84. The zero-order valence-electron chi connectivity index (χ0n) is 17.4. The Kier molecular flexibility index (Phi) is 4.86. The maximum absolute atomic E-state index is 13.6. The molecule has 5 rings (SSSR count). The van der Waals surface area contributed by atoms with Gasteiger partial charge in [-0.25, -0.2) is 4.68 Å². The summed E-state index contributed by atoms with van der Waals surface area (Å²) in [5.74, 6) is -0.167. The number of carbonyl (C=O) groups excluding carboxylic acids is 1. The molecule has 1 atom stereocenters. The van der Waals surface area contributed by atoms with E-state index in [9.17, 15) is 9.59 Å². The first-order valence-corrected chi connectivity index (χ1v) is 10.5. The topological polar surface area (TPSA) is 55.2 Å². The fraction of sp³-hybridized carbons (Fsp3) is 0.192. The van der Waals surface area contributed by atoms with Crippen molar-refractivity contribution >= 4 is 16.7 Å². The van der Waals surface area contributed by atoms with Gasteiger partial charge in [0.1, 0.15) is 0 Å². The van der Waals surface area contributed by atoms with Gasteiger partial charge >= 0.3 is 0 Å². The Morgan fingerprint density at radius 1 is 0.968 bits per heavy atom. The number of aryl methyl sites for hydroxylation is 1. The average molecular weight is 409 g/mol. The summed E-state index contributed by atoms with van der Waals surface area (Å²) in [5, 5.41) is 5.67. The summed E-state index contributed by atoms with van der Waals surface area (Å²) in [4.78, 5) is 28.5. The van der Waals surface area contributed by atoms with Crippen LogP contribution in [0.1, 0.15) is 39.6 Å². The van der Waals surface area contributed by atoms with Crippen LogP contribution < -0.4 is 5.56 Å². The fourth-order valence-electron chi connectivity index (χ4n) is 4.50. The van der Waals surface area contributed by atoms with Gasteiger partial charge in [-0.2, -0.15) is 5.10 Å². The van der Waals surface area contributed by atoms with Crippen LogP contribution in [0.5, 0.6) is 0 Å². The van der Waals surface area contributed by atoms with Gasteiger partial charge in [0, 0.05) is 12.4 Å². The van der Waals surface area contributed by atoms with Crippen molar-refractivity contribution in [1.82, 2.24) is 14.7 Å². The van der Waals surface area contributed by atoms with Crippen molar-refractivity contribution in [2.24, 2.45) is 0 Å². The number of rotatable bonds is 4. The molecule has 1 aromatic heterocycles. The predicted octanol–water partition coefficient (Wildman–Crippen LogP) is 4.20. The van der Waals surface area contributed by atoms with Crippen molar-refractivity contribution in [3.05, 3.63) is 112 Å². The monoisotopic (exact) mass is 409 g/mol. The number of fused-ring (bicyclic) bond motifs is 2.